The number of anilines is 1. The summed E-state index contributed by atoms with van der Waals surface area (Å²) in [4.78, 5) is 14.9. The first-order chi connectivity index (χ1) is 13.6. The summed E-state index contributed by atoms with van der Waals surface area (Å²) in [5.74, 6) is 0.894. The summed E-state index contributed by atoms with van der Waals surface area (Å²) in [5, 5.41) is 10.1. The topological polar surface area (TPSA) is 101 Å². The second-order valence-corrected chi connectivity index (χ2v) is 5.73. The van der Waals surface area contributed by atoms with Crippen molar-refractivity contribution in [1.82, 2.24) is 15.2 Å². The maximum Gasteiger partial charge on any atom is 0.363 e. The first kappa shape index (κ1) is 19.0. The molecule has 8 nitrogen and oxygen atoms in total. The lowest BCUT2D eigenvalue weighted by Gasteiger charge is -2.11. The van der Waals surface area contributed by atoms with E-state index in [4.69, 9.17) is 9.47 Å². The summed E-state index contributed by atoms with van der Waals surface area (Å²) in [6.07, 6.45) is 1.53. The zero-order valence-electron chi connectivity index (χ0n) is 15.3. The van der Waals surface area contributed by atoms with Gasteiger partial charge in [-0.2, -0.15) is 15.2 Å². The molecule has 2 aromatic carbocycles. The first-order valence-corrected chi connectivity index (χ1v) is 8.33. The molecule has 0 spiro atoms. The standard InChI is InChI=1S/C19H18FN5O3/c1-12-18(22-19(26)25-23-12)24-21-10-13-7-8-16(17(9-13)27-2)28-11-14-5-3-4-6-15(14)20/h3-10H,11H2,1-2H3,(H2,22,24,25,26)/b21-10+. The zero-order chi connectivity index (χ0) is 19.9. The van der Waals surface area contributed by atoms with Crippen LogP contribution in [-0.2, 0) is 6.61 Å². The fourth-order valence-electron chi connectivity index (χ4n) is 2.32. The molecule has 0 aliphatic carbocycles. The summed E-state index contributed by atoms with van der Waals surface area (Å²) < 4.78 is 24.7. The smallest absolute Gasteiger partial charge is 0.363 e. The van der Waals surface area contributed by atoms with Gasteiger partial charge in [0.05, 0.1) is 13.3 Å². The predicted octanol–water partition coefficient (Wildman–Crippen LogP) is 2.65. The normalized spacial score (nSPS) is 10.8. The van der Waals surface area contributed by atoms with Crippen molar-refractivity contribution in [3.05, 3.63) is 75.6 Å². The van der Waals surface area contributed by atoms with Gasteiger partial charge in [-0.05, 0) is 36.8 Å². The summed E-state index contributed by atoms with van der Waals surface area (Å²) in [6, 6.07) is 11.6. The minimum absolute atomic E-state index is 0.0819. The van der Waals surface area contributed by atoms with E-state index < -0.39 is 5.69 Å². The van der Waals surface area contributed by atoms with Crippen LogP contribution in [0, 0.1) is 12.7 Å². The number of hydrazone groups is 1. The SMILES string of the molecule is COc1cc(/C=N/Nc2nc(=O)[nH]nc2C)ccc1OCc1ccccc1F. The lowest BCUT2D eigenvalue weighted by molar-refractivity contribution is 0.279. The van der Waals surface area contributed by atoms with Crippen molar-refractivity contribution in [2.75, 3.05) is 12.5 Å². The number of rotatable bonds is 7. The van der Waals surface area contributed by atoms with Gasteiger partial charge in [0.15, 0.2) is 17.3 Å². The highest BCUT2D eigenvalue weighted by molar-refractivity contribution is 5.81. The highest BCUT2D eigenvalue weighted by Gasteiger charge is 2.08. The fourth-order valence-corrected chi connectivity index (χ4v) is 2.32. The van der Waals surface area contributed by atoms with E-state index in [1.54, 1.807) is 43.3 Å². The van der Waals surface area contributed by atoms with Crippen LogP contribution < -0.4 is 20.6 Å². The van der Waals surface area contributed by atoms with Crippen LogP contribution in [0.5, 0.6) is 11.5 Å². The van der Waals surface area contributed by atoms with Crippen LogP contribution in [0.4, 0.5) is 10.2 Å². The number of nitrogens with one attached hydrogen (secondary N) is 2. The molecular weight excluding hydrogens is 365 g/mol. The van der Waals surface area contributed by atoms with Crippen LogP contribution in [0.3, 0.4) is 0 Å². The minimum Gasteiger partial charge on any atom is -0.493 e. The van der Waals surface area contributed by atoms with Crippen molar-refractivity contribution in [1.29, 1.82) is 0 Å². The third kappa shape index (κ3) is 4.70. The van der Waals surface area contributed by atoms with E-state index >= 15 is 0 Å². The quantitative estimate of drug-likeness (QED) is 0.480. The van der Waals surface area contributed by atoms with Crippen LogP contribution in [-0.4, -0.2) is 28.5 Å². The number of aromatic nitrogens is 3. The molecule has 0 aliphatic rings. The van der Waals surface area contributed by atoms with Crippen molar-refractivity contribution in [2.45, 2.75) is 13.5 Å². The van der Waals surface area contributed by atoms with E-state index in [1.165, 1.54) is 19.4 Å². The zero-order valence-corrected chi connectivity index (χ0v) is 15.3. The monoisotopic (exact) mass is 383 g/mol. The molecule has 0 saturated heterocycles. The van der Waals surface area contributed by atoms with Gasteiger partial charge < -0.3 is 9.47 Å². The second kappa shape index (κ2) is 8.76. The molecule has 0 atom stereocenters. The predicted molar refractivity (Wildman–Crippen MR) is 102 cm³/mol. The first-order valence-electron chi connectivity index (χ1n) is 8.33. The van der Waals surface area contributed by atoms with Gasteiger partial charge in [-0.3, -0.25) is 5.43 Å². The van der Waals surface area contributed by atoms with Gasteiger partial charge in [0, 0.05) is 5.56 Å². The number of halogens is 1. The van der Waals surface area contributed by atoms with Crippen LogP contribution in [0.15, 0.2) is 52.4 Å². The number of ether oxygens (including phenoxy) is 2. The van der Waals surface area contributed by atoms with Gasteiger partial charge >= 0.3 is 5.69 Å². The Bertz CT molecular complexity index is 1050. The molecule has 0 fully saturated rings. The number of H-pyrrole nitrogens is 1. The molecule has 1 heterocycles. The van der Waals surface area contributed by atoms with Gasteiger partial charge in [0.1, 0.15) is 18.1 Å². The highest BCUT2D eigenvalue weighted by atomic mass is 19.1. The number of hydrogen-bond donors (Lipinski definition) is 2. The largest absolute Gasteiger partial charge is 0.493 e. The number of benzene rings is 2. The molecule has 1 aromatic heterocycles. The Kier molecular flexibility index (Phi) is 5.95. The average Bonchev–Trinajstić information content (AvgIpc) is 2.70. The fraction of sp³-hybridized carbons (Fsp3) is 0.158. The highest BCUT2D eigenvalue weighted by Crippen LogP contribution is 2.28. The Balaban J connectivity index is 1.69. The van der Waals surface area contributed by atoms with E-state index in [0.29, 0.717) is 22.8 Å². The Labute approximate surface area is 160 Å². The molecule has 3 aromatic rings. The number of hydrogen-bond acceptors (Lipinski definition) is 7. The molecule has 0 aliphatic heterocycles. The van der Waals surface area contributed by atoms with Gasteiger partial charge in [-0.1, -0.05) is 18.2 Å². The second-order valence-electron chi connectivity index (χ2n) is 5.73. The van der Waals surface area contributed by atoms with Crippen LogP contribution in [0.1, 0.15) is 16.8 Å². The molecule has 0 unspecified atom stereocenters. The molecule has 0 bridgehead atoms. The summed E-state index contributed by atoms with van der Waals surface area (Å²) in [6.45, 7) is 1.77. The van der Waals surface area contributed by atoms with Crippen LogP contribution in [0.2, 0.25) is 0 Å². The Morgan fingerprint density at radius 2 is 2.07 bits per heavy atom. The molecule has 3 rings (SSSR count). The summed E-state index contributed by atoms with van der Waals surface area (Å²) in [7, 11) is 1.51. The Morgan fingerprint density at radius 1 is 1.25 bits per heavy atom. The molecule has 0 amide bonds. The molecule has 144 valence electrons. The number of aromatic amines is 1. The van der Waals surface area contributed by atoms with Gasteiger partial charge in [0.2, 0.25) is 0 Å². The van der Waals surface area contributed by atoms with Crippen molar-refractivity contribution >= 4 is 12.0 Å². The van der Waals surface area contributed by atoms with Gasteiger partial charge in [0.25, 0.3) is 0 Å². The maximum absolute atomic E-state index is 13.7. The van der Waals surface area contributed by atoms with Gasteiger partial charge in [-0.25, -0.2) is 14.3 Å². The minimum atomic E-state index is -0.568. The van der Waals surface area contributed by atoms with Crippen molar-refractivity contribution in [2.24, 2.45) is 5.10 Å². The van der Waals surface area contributed by atoms with E-state index in [2.05, 4.69) is 25.7 Å². The van der Waals surface area contributed by atoms with Crippen molar-refractivity contribution in [3.63, 3.8) is 0 Å². The van der Waals surface area contributed by atoms with E-state index in [9.17, 15) is 9.18 Å². The number of aryl methyl sites for hydroxylation is 1. The summed E-state index contributed by atoms with van der Waals surface area (Å²) in [5.41, 5.74) is 3.78. The number of nitrogens with zero attached hydrogens (tertiary/aromatic N) is 3. The maximum atomic E-state index is 13.7. The van der Waals surface area contributed by atoms with E-state index in [0.717, 1.165) is 5.56 Å². The van der Waals surface area contributed by atoms with Crippen LogP contribution >= 0.6 is 0 Å². The number of methoxy groups -OCH3 is 1. The lowest BCUT2D eigenvalue weighted by atomic mass is 10.2. The van der Waals surface area contributed by atoms with E-state index in [-0.39, 0.29) is 18.2 Å². The third-order valence-electron chi connectivity index (χ3n) is 3.79. The molecule has 0 saturated carbocycles. The molecule has 2 N–H and O–H groups in total. The molecular formula is C19H18FN5O3. The Hall–Kier alpha value is -3.75. The summed E-state index contributed by atoms with van der Waals surface area (Å²) >= 11 is 0. The van der Waals surface area contributed by atoms with Crippen molar-refractivity contribution < 1.29 is 13.9 Å². The lowest BCUT2D eigenvalue weighted by Crippen LogP contribution is -2.15. The molecule has 9 heteroatoms. The van der Waals surface area contributed by atoms with Crippen molar-refractivity contribution in [3.8, 4) is 11.5 Å². The van der Waals surface area contributed by atoms with Crippen LogP contribution in [0.25, 0.3) is 0 Å². The molecule has 0 radical (unpaired) electrons. The Morgan fingerprint density at radius 3 is 2.86 bits per heavy atom. The average molecular weight is 383 g/mol. The van der Waals surface area contributed by atoms with Gasteiger partial charge in [-0.15, -0.1) is 0 Å². The van der Waals surface area contributed by atoms with E-state index in [1.807, 2.05) is 0 Å². The third-order valence-corrected chi connectivity index (χ3v) is 3.79. The molecule has 28 heavy (non-hydrogen) atoms.